The summed E-state index contributed by atoms with van der Waals surface area (Å²) in [7, 11) is 0. The molecule has 0 aliphatic heterocycles. The molecule has 0 aliphatic carbocycles. The minimum absolute atomic E-state index is 0.0198. The SMILES string of the molecule is CC(C)(C)OC(=O)Cc1ccc(NCCc2ccc(-n3c(N)c(C(=O)c4ccc(F)cc4)ccc3=O)cc2)cc1. The number of carbonyl (C=O) groups is 2. The number of anilines is 2. The van der Waals surface area contributed by atoms with Crippen molar-refractivity contribution in [2.45, 2.75) is 39.2 Å². The van der Waals surface area contributed by atoms with Gasteiger partial charge < -0.3 is 15.8 Å². The summed E-state index contributed by atoms with van der Waals surface area (Å²) in [6.07, 6.45) is 0.953. The van der Waals surface area contributed by atoms with Crippen molar-refractivity contribution in [3.05, 3.63) is 123 Å². The number of carbonyl (C=O) groups excluding carboxylic acids is 2. The predicted octanol–water partition coefficient (Wildman–Crippen LogP) is 5.33. The number of hydrogen-bond acceptors (Lipinski definition) is 6. The predicted molar refractivity (Wildman–Crippen MR) is 154 cm³/mol. The van der Waals surface area contributed by atoms with Crippen molar-refractivity contribution < 1.29 is 18.7 Å². The van der Waals surface area contributed by atoms with Gasteiger partial charge in [-0.05, 0) is 92.9 Å². The van der Waals surface area contributed by atoms with Crippen LogP contribution in [0.1, 0.15) is 47.8 Å². The van der Waals surface area contributed by atoms with E-state index in [0.29, 0.717) is 12.2 Å². The second kappa shape index (κ2) is 12.0. The smallest absolute Gasteiger partial charge is 0.310 e. The highest BCUT2D eigenvalue weighted by Crippen LogP contribution is 2.20. The maximum absolute atomic E-state index is 13.3. The third-order valence-electron chi connectivity index (χ3n) is 6.14. The zero-order valence-electron chi connectivity index (χ0n) is 22.7. The normalized spacial score (nSPS) is 11.2. The van der Waals surface area contributed by atoms with Crippen molar-refractivity contribution in [3.8, 4) is 5.69 Å². The number of rotatable bonds is 9. The van der Waals surface area contributed by atoms with Crippen LogP contribution in [0.3, 0.4) is 0 Å². The molecule has 1 heterocycles. The number of benzene rings is 3. The lowest BCUT2D eigenvalue weighted by atomic mass is 10.0. The Morgan fingerprint density at radius 2 is 1.50 bits per heavy atom. The van der Waals surface area contributed by atoms with Crippen molar-refractivity contribution in [1.29, 1.82) is 0 Å². The summed E-state index contributed by atoms with van der Waals surface area (Å²) >= 11 is 0. The average Bonchev–Trinajstić information content (AvgIpc) is 2.90. The molecular weight excluding hydrogens is 509 g/mol. The van der Waals surface area contributed by atoms with Crippen LogP contribution in [-0.2, 0) is 22.4 Å². The molecule has 0 saturated carbocycles. The van der Waals surface area contributed by atoms with Crippen LogP contribution in [0.4, 0.5) is 15.9 Å². The van der Waals surface area contributed by atoms with E-state index < -0.39 is 17.2 Å². The Bertz CT molecular complexity index is 1550. The summed E-state index contributed by atoms with van der Waals surface area (Å²) in [5.41, 5.74) is 9.23. The van der Waals surface area contributed by atoms with Gasteiger partial charge in [0.1, 0.15) is 17.2 Å². The van der Waals surface area contributed by atoms with E-state index in [9.17, 15) is 18.8 Å². The zero-order chi connectivity index (χ0) is 28.9. The molecule has 8 heteroatoms. The minimum atomic E-state index is -0.506. The van der Waals surface area contributed by atoms with E-state index in [4.69, 9.17) is 10.5 Å². The van der Waals surface area contributed by atoms with Gasteiger partial charge in [-0.2, -0.15) is 0 Å². The number of nitrogens with zero attached hydrogens (tertiary/aromatic N) is 1. The fraction of sp³-hybridized carbons (Fsp3) is 0.219. The van der Waals surface area contributed by atoms with E-state index in [2.05, 4.69) is 5.32 Å². The molecule has 0 bridgehead atoms. The summed E-state index contributed by atoms with van der Waals surface area (Å²) in [5.74, 6) is -1.08. The molecule has 40 heavy (non-hydrogen) atoms. The molecule has 0 radical (unpaired) electrons. The molecule has 4 aromatic rings. The van der Waals surface area contributed by atoms with Crippen LogP contribution in [0.5, 0.6) is 0 Å². The topological polar surface area (TPSA) is 103 Å². The maximum Gasteiger partial charge on any atom is 0.310 e. The first-order chi connectivity index (χ1) is 19.0. The molecule has 0 amide bonds. The molecule has 0 spiro atoms. The first-order valence-electron chi connectivity index (χ1n) is 13.0. The van der Waals surface area contributed by atoms with Crippen molar-refractivity contribution in [2.75, 3.05) is 17.6 Å². The van der Waals surface area contributed by atoms with Crippen LogP contribution in [-0.4, -0.2) is 28.5 Å². The summed E-state index contributed by atoms with van der Waals surface area (Å²) < 4.78 is 19.9. The van der Waals surface area contributed by atoms with E-state index in [1.165, 1.54) is 41.0 Å². The Balaban J connectivity index is 1.38. The van der Waals surface area contributed by atoms with E-state index in [-0.39, 0.29) is 34.9 Å². The maximum atomic E-state index is 13.3. The summed E-state index contributed by atoms with van der Waals surface area (Å²) in [4.78, 5) is 37.6. The van der Waals surface area contributed by atoms with Crippen molar-refractivity contribution >= 4 is 23.3 Å². The van der Waals surface area contributed by atoms with Crippen molar-refractivity contribution in [3.63, 3.8) is 0 Å². The van der Waals surface area contributed by atoms with Gasteiger partial charge in [0.05, 0.1) is 17.7 Å². The molecule has 4 rings (SSSR count). The molecular formula is C32H32FN3O4. The molecule has 3 aromatic carbocycles. The first-order valence-corrected chi connectivity index (χ1v) is 13.0. The number of pyridine rings is 1. The van der Waals surface area contributed by atoms with E-state index in [1.54, 1.807) is 12.1 Å². The Morgan fingerprint density at radius 1 is 0.875 bits per heavy atom. The van der Waals surface area contributed by atoms with Crippen LogP contribution >= 0.6 is 0 Å². The monoisotopic (exact) mass is 541 g/mol. The van der Waals surface area contributed by atoms with Gasteiger partial charge in [-0.3, -0.25) is 19.0 Å². The standard InChI is InChI=1S/C32H32FN3O4/c1-32(2,3)40-29(38)20-22-4-12-25(13-5-22)35-19-18-21-6-14-26(15-7-21)36-28(37)17-16-27(31(36)34)30(39)23-8-10-24(33)11-9-23/h4-17,35H,18-20,34H2,1-3H3. The highest BCUT2D eigenvalue weighted by molar-refractivity contribution is 6.11. The Hall–Kier alpha value is -4.72. The number of halogens is 1. The molecule has 0 fully saturated rings. The molecule has 7 nitrogen and oxygen atoms in total. The highest BCUT2D eigenvalue weighted by atomic mass is 19.1. The lowest BCUT2D eigenvalue weighted by Gasteiger charge is -2.19. The van der Waals surface area contributed by atoms with Gasteiger partial charge in [0.2, 0.25) is 0 Å². The Labute approximate surface area is 232 Å². The van der Waals surface area contributed by atoms with Crippen molar-refractivity contribution in [1.82, 2.24) is 4.57 Å². The van der Waals surface area contributed by atoms with Gasteiger partial charge in [0.25, 0.3) is 5.56 Å². The molecule has 206 valence electrons. The average molecular weight is 542 g/mol. The lowest BCUT2D eigenvalue weighted by Crippen LogP contribution is -2.24. The third-order valence-corrected chi connectivity index (χ3v) is 6.14. The summed E-state index contributed by atoms with van der Waals surface area (Å²) in [6, 6.07) is 22.9. The van der Waals surface area contributed by atoms with Gasteiger partial charge in [-0.15, -0.1) is 0 Å². The van der Waals surface area contributed by atoms with Crippen molar-refractivity contribution in [2.24, 2.45) is 0 Å². The van der Waals surface area contributed by atoms with Crippen LogP contribution in [0, 0.1) is 5.82 Å². The summed E-state index contributed by atoms with van der Waals surface area (Å²) in [6.45, 7) is 6.21. The fourth-order valence-electron chi connectivity index (χ4n) is 4.22. The van der Waals surface area contributed by atoms with Gasteiger partial charge in [-0.25, -0.2) is 4.39 Å². The second-order valence-corrected chi connectivity index (χ2v) is 10.4. The van der Waals surface area contributed by atoms with Gasteiger partial charge in [0, 0.05) is 23.9 Å². The number of hydrogen-bond donors (Lipinski definition) is 2. The minimum Gasteiger partial charge on any atom is -0.460 e. The van der Waals surface area contributed by atoms with Gasteiger partial charge in [0.15, 0.2) is 5.78 Å². The number of esters is 1. The number of ketones is 1. The van der Waals surface area contributed by atoms with E-state index in [0.717, 1.165) is 23.2 Å². The first kappa shape index (κ1) is 28.3. The van der Waals surface area contributed by atoms with Crippen LogP contribution < -0.4 is 16.6 Å². The molecule has 1 aromatic heterocycles. The third kappa shape index (κ3) is 7.22. The lowest BCUT2D eigenvalue weighted by molar-refractivity contribution is -0.153. The summed E-state index contributed by atoms with van der Waals surface area (Å²) in [5, 5.41) is 3.36. The fourth-order valence-corrected chi connectivity index (χ4v) is 4.22. The van der Waals surface area contributed by atoms with Crippen LogP contribution in [0.2, 0.25) is 0 Å². The number of aromatic nitrogens is 1. The highest BCUT2D eigenvalue weighted by Gasteiger charge is 2.18. The van der Waals surface area contributed by atoms with Crippen LogP contribution in [0.15, 0.2) is 89.7 Å². The molecule has 0 aliphatic rings. The molecule has 0 atom stereocenters. The Morgan fingerprint density at radius 3 is 2.12 bits per heavy atom. The van der Waals surface area contributed by atoms with E-state index >= 15 is 0 Å². The van der Waals surface area contributed by atoms with Gasteiger partial charge in [-0.1, -0.05) is 24.3 Å². The molecule has 0 saturated heterocycles. The zero-order valence-corrected chi connectivity index (χ0v) is 22.7. The largest absolute Gasteiger partial charge is 0.460 e. The number of ether oxygens (including phenoxy) is 1. The number of nitrogens with two attached hydrogens (primary N) is 1. The number of nitrogens with one attached hydrogen (secondary N) is 1. The number of nitrogen functional groups attached to an aromatic ring is 1. The van der Waals surface area contributed by atoms with Gasteiger partial charge >= 0.3 is 5.97 Å². The van der Waals surface area contributed by atoms with Crippen LogP contribution in [0.25, 0.3) is 5.69 Å². The van der Waals surface area contributed by atoms with E-state index in [1.807, 2.05) is 57.2 Å². The molecule has 0 unspecified atom stereocenters. The quantitative estimate of drug-likeness (QED) is 0.219. The molecule has 3 N–H and O–H groups in total. The Kier molecular flexibility index (Phi) is 8.48. The second-order valence-electron chi connectivity index (χ2n) is 10.4.